The van der Waals surface area contributed by atoms with Crippen LogP contribution in [0.25, 0.3) is 0 Å². The van der Waals surface area contributed by atoms with Crippen LogP contribution in [0.5, 0.6) is 0 Å². The summed E-state index contributed by atoms with van der Waals surface area (Å²) in [6, 6.07) is 0.197. The molecule has 19 heavy (non-hydrogen) atoms. The summed E-state index contributed by atoms with van der Waals surface area (Å²) in [7, 11) is 0. The van der Waals surface area contributed by atoms with Crippen molar-refractivity contribution in [2.45, 2.75) is 59.4 Å². The SMILES string of the molecule is CCOC(=O)CC(=O)N[C@H]1C[C@@H]2CC[C@]1(C)C2(C)C. The van der Waals surface area contributed by atoms with Gasteiger partial charge in [-0.3, -0.25) is 9.59 Å². The lowest BCUT2D eigenvalue weighted by molar-refractivity contribution is -0.146. The summed E-state index contributed by atoms with van der Waals surface area (Å²) in [6.45, 7) is 8.96. The number of ether oxygens (including phenoxy) is 1. The molecule has 4 nitrogen and oxygen atoms in total. The highest BCUT2D eigenvalue weighted by Crippen LogP contribution is 2.65. The van der Waals surface area contributed by atoms with Crippen molar-refractivity contribution in [3.05, 3.63) is 0 Å². The quantitative estimate of drug-likeness (QED) is 0.628. The highest BCUT2D eigenvalue weighted by atomic mass is 16.5. The molecule has 108 valence electrons. The first kappa shape index (κ1) is 14.4. The van der Waals surface area contributed by atoms with Crippen molar-refractivity contribution >= 4 is 11.9 Å². The summed E-state index contributed by atoms with van der Waals surface area (Å²) < 4.78 is 4.81. The topological polar surface area (TPSA) is 55.4 Å². The number of hydrogen-bond donors (Lipinski definition) is 1. The molecule has 3 atom stereocenters. The van der Waals surface area contributed by atoms with Crippen LogP contribution in [0.2, 0.25) is 0 Å². The average Bonchev–Trinajstić information content (AvgIpc) is 2.62. The Kier molecular flexibility index (Phi) is 3.63. The second kappa shape index (κ2) is 4.80. The van der Waals surface area contributed by atoms with E-state index in [4.69, 9.17) is 4.74 Å². The maximum absolute atomic E-state index is 11.9. The first-order valence-corrected chi connectivity index (χ1v) is 7.26. The summed E-state index contributed by atoms with van der Waals surface area (Å²) in [5.74, 6) is 0.0472. The molecule has 0 heterocycles. The van der Waals surface area contributed by atoms with Crippen LogP contribution >= 0.6 is 0 Å². The molecule has 2 bridgehead atoms. The lowest BCUT2D eigenvalue weighted by Gasteiger charge is -2.39. The molecule has 2 aliphatic rings. The summed E-state index contributed by atoms with van der Waals surface area (Å²) >= 11 is 0. The molecule has 0 spiro atoms. The van der Waals surface area contributed by atoms with Crippen LogP contribution in [0.15, 0.2) is 0 Å². The van der Waals surface area contributed by atoms with Gasteiger partial charge in [0, 0.05) is 6.04 Å². The van der Waals surface area contributed by atoms with Gasteiger partial charge in [-0.1, -0.05) is 20.8 Å². The molecule has 2 rings (SSSR count). The molecule has 0 aromatic rings. The van der Waals surface area contributed by atoms with Crippen LogP contribution in [0.4, 0.5) is 0 Å². The van der Waals surface area contributed by atoms with Crippen LogP contribution in [-0.2, 0) is 14.3 Å². The smallest absolute Gasteiger partial charge is 0.315 e. The molecular formula is C15H25NO3. The molecule has 2 aliphatic carbocycles. The number of hydrogen-bond acceptors (Lipinski definition) is 3. The normalized spacial score (nSPS) is 35.2. The largest absolute Gasteiger partial charge is 0.466 e. The first-order chi connectivity index (χ1) is 8.81. The van der Waals surface area contributed by atoms with Crippen LogP contribution in [-0.4, -0.2) is 24.5 Å². The van der Waals surface area contributed by atoms with Crippen molar-refractivity contribution < 1.29 is 14.3 Å². The van der Waals surface area contributed by atoms with E-state index in [9.17, 15) is 9.59 Å². The Hall–Kier alpha value is -1.06. The van der Waals surface area contributed by atoms with E-state index in [2.05, 4.69) is 26.1 Å². The predicted octanol–water partition coefficient (Wildman–Crippen LogP) is 2.27. The predicted molar refractivity (Wildman–Crippen MR) is 72.4 cm³/mol. The number of nitrogens with one attached hydrogen (secondary N) is 1. The second-order valence-electron chi connectivity index (χ2n) is 6.71. The molecule has 0 radical (unpaired) electrons. The van der Waals surface area contributed by atoms with Crippen LogP contribution in [0.3, 0.4) is 0 Å². The van der Waals surface area contributed by atoms with Crippen LogP contribution < -0.4 is 5.32 Å². The first-order valence-electron chi connectivity index (χ1n) is 7.26. The molecule has 0 saturated heterocycles. The molecule has 0 aromatic heterocycles. The maximum atomic E-state index is 11.9. The lowest BCUT2D eigenvalue weighted by atomic mass is 9.69. The Morgan fingerprint density at radius 2 is 2.00 bits per heavy atom. The highest BCUT2D eigenvalue weighted by Gasteiger charge is 2.61. The molecule has 1 N–H and O–H groups in total. The molecular weight excluding hydrogens is 242 g/mol. The van der Waals surface area contributed by atoms with E-state index in [0.29, 0.717) is 12.5 Å². The van der Waals surface area contributed by atoms with Gasteiger partial charge in [0.25, 0.3) is 0 Å². The standard InChI is InChI=1S/C15H25NO3/c1-5-19-13(18)9-12(17)16-11-8-10-6-7-15(11,4)14(10,2)3/h10-11H,5-9H2,1-4H3,(H,16,17)/t10-,11-,15-/m0/s1. The number of esters is 1. The van der Waals surface area contributed by atoms with Crippen molar-refractivity contribution in [2.24, 2.45) is 16.7 Å². The van der Waals surface area contributed by atoms with Crippen molar-refractivity contribution in [1.82, 2.24) is 5.32 Å². The summed E-state index contributed by atoms with van der Waals surface area (Å²) in [4.78, 5) is 23.2. The fraction of sp³-hybridized carbons (Fsp3) is 0.867. The van der Waals surface area contributed by atoms with E-state index in [-0.39, 0.29) is 29.2 Å². The van der Waals surface area contributed by atoms with Gasteiger partial charge in [-0.15, -0.1) is 0 Å². The molecule has 0 aromatic carbocycles. The van der Waals surface area contributed by atoms with E-state index in [1.807, 2.05) is 0 Å². The maximum Gasteiger partial charge on any atom is 0.315 e. The Morgan fingerprint density at radius 3 is 2.47 bits per heavy atom. The van der Waals surface area contributed by atoms with E-state index >= 15 is 0 Å². The van der Waals surface area contributed by atoms with Gasteiger partial charge in [-0.2, -0.15) is 0 Å². The summed E-state index contributed by atoms with van der Waals surface area (Å²) in [6.07, 6.45) is 3.30. The number of amides is 1. The molecule has 2 saturated carbocycles. The van der Waals surface area contributed by atoms with E-state index in [0.717, 1.165) is 12.8 Å². The van der Waals surface area contributed by atoms with E-state index in [1.165, 1.54) is 6.42 Å². The van der Waals surface area contributed by atoms with Crippen molar-refractivity contribution in [2.75, 3.05) is 6.61 Å². The lowest BCUT2D eigenvalue weighted by Crippen LogP contribution is -2.47. The Bertz CT molecular complexity index is 391. The Labute approximate surface area is 115 Å². The van der Waals surface area contributed by atoms with Gasteiger partial charge < -0.3 is 10.1 Å². The third-order valence-electron chi connectivity index (χ3n) is 5.74. The zero-order valence-electron chi connectivity index (χ0n) is 12.4. The van der Waals surface area contributed by atoms with E-state index < -0.39 is 5.97 Å². The number of carbonyl (C=O) groups is 2. The van der Waals surface area contributed by atoms with Crippen molar-refractivity contribution in [3.63, 3.8) is 0 Å². The third-order valence-corrected chi connectivity index (χ3v) is 5.74. The zero-order valence-corrected chi connectivity index (χ0v) is 12.4. The summed E-state index contributed by atoms with van der Waals surface area (Å²) in [5.41, 5.74) is 0.427. The van der Waals surface area contributed by atoms with Gasteiger partial charge in [0.05, 0.1) is 6.61 Å². The number of carbonyl (C=O) groups excluding carboxylic acids is 2. The second-order valence-corrected chi connectivity index (χ2v) is 6.71. The minimum absolute atomic E-state index is 0.155. The summed E-state index contributed by atoms with van der Waals surface area (Å²) in [5, 5.41) is 3.06. The fourth-order valence-electron chi connectivity index (χ4n) is 4.01. The monoisotopic (exact) mass is 267 g/mol. The molecule has 4 heteroatoms. The molecule has 0 aliphatic heterocycles. The van der Waals surface area contributed by atoms with Crippen molar-refractivity contribution in [1.29, 1.82) is 0 Å². The zero-order chi connectivity index (χ0) is 14.3. The highest BCUT2D eigenvalue weighted by molar-refractivity contribution is 5.94. The number of fused-ring (bicyclic) bond motifs is 2. The Morgan fingerprint density at radius 1 is 1.32 bits per heavy atom. The minimum atomic E-state index is -0.437. The molecule has 0 unspecified atom stereocenters. The minimum Gasteiger partial charge on any atom is -0.466 e. The Balaban J connectivity index is 1.95. The van der Waals surface area contributed by atoms with Gasteiger partial charge in [-0.25, -0.2) is 0 Å². The van der Waals surface area contributed by atoms with Gasteiger partial charge in [0.2, 0.25) is 5.91 Å². The molecule has 1 amide bonds. The van der Waals surface area contributed by atoms with Crippen molar-refractivity contribution in [3.8, 4) is 0 Å². The third kappa shape index (κ3) is 2.26. The van der Waals surface area contributed by atoms with Gasteiger partial charge in [0.1, 0.15) is 6.42 Å². The van der Waals surface area contributed by atoms with Gasteiger partial charge >= 0.3 is 5.97 Å². The van der Waals surface area contributed by atoms with Crippen LogP contribution in [0, 0.1) is 16.7 Å². The number of rotatable bonds is 4. The van der Waals surface area contributed by atoms with E-state index in [1.54, 1.807) is 6.92 Å². The van der Waals surface area contributed by atoms with Gasteiger partial charge in [-0.05, 0) is 42.9 Å². The average molecular weight is 267 g/mol. The fourth-order valence-corrected chi connectivity index (χ4v) is 4.01. The molecule has 2 fully saturated rings. The van der Waals surface area contributed by atoms with Gasteiger partial charge in [0.15, 0.2) is 0 Å². The van der Waals surface area contributed by atoms with Crippen LogP contribution in [0.1, 0.15) is 53.4 Å².